The Balaban J connectivity index is 1.97. The zero-order valence-electron chi connectivity index (χ0n) is 14.1. The highest BCUT2D eigenvalue weighted by molar-refractivity contribution is 6.53. The van der Waals surface area contributed by atoms with E-state index in [9.17, 15) is 9.59 Å². The molecule has 2 amide bonds. The van der Waals surface area contributed by atoms with E-state index in [1.807, 2.05) is 32.0 Å². The number of imide groups is 1. The van der Waals surface area contributed by atoms with E-state index in [0.29, 0.717) is 11.4 Å². The maximum absolute atomic E-state index is 12.8. The number of carbonyl (C=O) groups is 2. The van der Waals surface area contributed by atoms with Gasteiger partial charge in [-0.25, -0.2) is 4.90 Å². The summed E-state index contributed by atoms with van der Waals surface area (Å²) < 4.78 is 5.25. The first kappa shape index (κ1) is 17.0. The number of carbonyl (C=O) groups excluding carboxylic acids is 2. The normalized spacial score (nSPS) is 14.3. The quantitative estimate of drug-likeness (QED) is 0.848. The fraction of sp³-hybridized carbons (Fsp3) is 0.158. The number of anilines is 2. The summed E-state index contributed by atoms with van der Waals surface area (Å²) >= 11 is 6.16. The number of para-hydroxylation sites is 2. The van der Waals surface area contributed by atoms with Gasteiger partial charge in [0.1, 0.15) is 16.5 Å². The number of halogens is 1. The highest BCUT2D eigenvalue weighted by Crippen LogP contribution is 2.35. The number of methoxy groups -OCH3 is 1. The Kier molecular flexibility index (Phi) is 4.51. The number of ether oxygens (including phenoxy) is 1. The summed E-state index contributed by atoms with van der Waals surface area (Å²) in [6, 6.07) is 12.6. The number of nitrogens with one attached hydrogen (secondary N) is 1. The van der Waals surface area contributed by atoms with Crippen LogP contribution in [0.1, 0.15) is 11.1 Å². The van der Waals surface area contributed by atoms with Crippen LogP contribution in [-0.2, 0) is 9.59 Å². The summed E-state index contributed by atoms with van der Waals surface area (Å²) in [5, 5.41) is 2.86. The third-order valence-corrected chi connectivity index (χ3v) is 4.35. The summed E-state index contributed by atoms with van der Waals surface area (Å²) in [5.74, 6) is -0.677. The van der Waals surface area contributed by atoms with Gasteiger partial charge in [0, 0.05) is 5.69 Å². The fourth-order valence-electron chi connectivity index (χ4n) is 2.73. The molecule has 1 aliphatic rings. The Bertz CT molecular complexity index is 905. The molecule has 0 atom stereocenters. The van der Waals surface area contributed by atoms with E-state index in [-0.39, 0.29) is 10.7 Å². The zero-order chi connectivity index (χ0) is 18.1. The smallest absolute Gasteiger partial charge is 0.283 e. The second-order valence-electron chi connectivity index (χ2n) is 5.75. The number of benzene rings is 2. The molecule has 2 aromatic carbocycles. The average Bonchev–Trinajstić information content (AvgIpc) is 2.80. The molecule has 1 heterocycles. The predicted molar refractivity (Wildman–Crippen MR) is 97.9 cm³/mol. The Morgan fingerprint density at radius 1 is 1.04 bits per heavy atom. The third kappa shape index (κ3) is 2.98. The molecule has 1 N–H and O–H groups in total. The highest BCUT2D eigenvalue weighted by Gasteiger charge is 2.40. The number of hydrogen-bond acceptors (Lipinski definition) is 4. The molecule has 0 unspecified atom stereocenters. The molecule has 25 heavy (non-hydrogen) atoms. The van der Waals surface area contributed by atoms with Crippen molar-refractivity contribution in [2.45, 2.75) is 13.8 Å². The molecule has 0 fully saturated rings. The highest BCUT2D eigenvalue weighted by atomic mass is 35.5. The van der Waals surface area contributed by atoms with Crippen molar-refractivity contribution >= 4 is 34.8 Å². The SMILES string of the molecule is COc1ccccc1N1C(=O)C(Cl)=C(Nc2ccc(C)cc2C)C1=O. The molecule has 0 saturated carbocycles. The lowest BCUT2D eigenvalue weighted by Gasteiger charge is -2.18. The van der Waals surface area contributed by atoms with Gasteiger partial charge in [-0.2, -0.15) is 0 Å². The van der Waals surface area contributed by atoms with Crippen LogP contribution in [0.5, 0.6) is 5.75 Å². The van der Waals surface area contributed by atoms with Gasteiger partial charge in [0.25, 0.3) is 11.8 Å². The minimum Gasteiger partial charge on any atom is -0.495 e. The van der Waals surface area contributed by atoms with Gasteiger partial charge < -0.3 is 10.1 Å². The molecule has 0 bridgehead atoms. The Labute approximate surface area is 150 Å². The van der Waals surface area contributed by atoms with Gasteiger partial charge in [0.2, 0.25) is 0 Å². The van der Waals surface area contributed by atoms with E-state index in [4.69, 9.17) is 16.3 Å². The summed E-state index contributed by atoms with van der Waals surface area (Å²) in [7, 11) is 1.48. The van der Waals surface area contributed by atoms with E-state index < -0.39 is 11.8 Å². The fourth-order valence-corrected chi connectivity index (χ4v) is 2.95. The first-order chi connectivity index (χ1) is 11.9. The average molecular weight is 357 g/mol. The van der Waals surface area contributed by atoms with Crippen molar-refractivity contribution < 1.29 is 14.3 Å². The van der Waals surface area contributed by atoms with Gasteiger partial charge in [-0.3, -0.25) is 9.59 Å². The molecular formula is C19H17ClN2O3. The number of amides is 2. The molecule has 5 nitrogen and oxygen atoms in total. The van der Waals surface area contributed by atoms with Crippen molar-refractivity contribution in [2.24, 2.45) is 0 Å². The van der Waals surface area contributed by atoms with Gasteiger partial charge in [-0.15, -0.1) is 0 Å². The standard InChI is InChI=1S/C19H17ClN2O3/c1-11-8-9-13(12(2)10-11)21-17-16(20)18(23)22(19(17)24)14-6-4-5-7-15(14)25-3/h4-10,21H,1-3H3. The Morgan fingerprint density at radius 3 is 2.44 bits per heavy atom. The molecule has 3 rings (SSSR count). The van der Waals surface area contributed by atoms with E-state index >= 15 is 0 Å². The number of nitrogens with zero attached hydrogens (tertiary/aromatic N) is 1. The van der Waals surface area contributed by atoms with E-state index in [1.54, 1.807) is 24.3 Å². The summed E-state index contributed by atoms with van der Waals surface area (Å²) in [4.78, 5) is 26.4. The molecule has 0 aromatic heterocycles. The number of aryl methyl sites for hydroxylation is 2. The van der Waals surface area contributed by atoms with Crippen LogP contribution in [0.4, 0.5) is 11.4 Å². The molecule has 6 heteroatoms. The largest absolute Gasteiger partial charge is 0.495 e. The maximum atomic E-state index is 12.8. The third-order valence-electron chi connectivity index (χ3n) is 3.99. The van der Waals surface area contributed by atoms with E-state index in [0.717, 1.165) is 21.7 Å². The summed E-state index contributed by atoms with van der Waals surface area (Å²) in [5.41, 5.74) is 3.20. The van der Waals surface area contributed by atoms with Crippen LogP contribution in [0.3, 0.4) is 0 Å². The van der Waals surface area contributed by atoms with E-state index in [2.05, 4.69) is 5.32 Å². The molecule has 0 radical (unpaired) electrons. The first-order valence-corrected chi connectivity index (χ1v) is 8.07. The lowest BCUT2D eigenvalue weighted by Crippen LogP contribution is -2.32. The van der Waals surface area contributed by atoms with Gasteiger partial charge in [-0.1, -0.05) is 41.4 Å². The Morgan fingerprint density at radius 2 is 1.76 bits per heavy atom. The van der Waals surface area contributed by atoms with Gasteiger partial charge in [0.15, 0.2) is 0 Å². The summed E-state index contributed by atoms with van der Waals surface area (Å²) in [6.07, 6.45) is 0. The zero-order valence-corrected chi connectivity index (χ0v) is 14.8. The van der Waals surface area contributed by atoms with Crippen molar-refractivity contribution in [3.63, 3.8) is 0 Å². The Hall–Kier alpha value is -2.79. The summed E-state index contributed by atoms with van der Waals surface area (Å²) in [6.45, 7) is 3.90. The second-order valence-corrected chi connectivity index (χ2v) is 6.13. The van der Waals surface area contributed by atoms with Crippen molar-refractivity contribution in [3.05, 3.63) is 64.3 Å². The number of hydrogen-bond donors (Lipinski definition) is 1. The second kappa shape index (κ2) is 6.61. The number of rotatable bonds is 4. The minimum absolute atomic E-state index is 0.0597. The molecule has 0 spiro atoms. The van der Waals surface area contributed by atoms with Crippen molar-refractivity contribution in [1.82, 2.24) is 0 Å². The van der Waals surface area contributed by atoms with E-state index in [1.165, 1.54) is 7.11 Å². The van der Waals surface area contributed by atoms with Crippen LogP contribution in [0.25, 0.3) is 0 Å². The van der Waals surface area contributed by atoms with Crippen LogP contribution in [0.2, 0.25) is 0 Å². The topological polar surface area (TPSA) is 58.6 Å². The monoisotopic (exact) mass is 356 g/mol. The lowest BCUT2D eigenvalue weighted by molar-refractivity contribution is -0.120. The maximum Gasteiger partial charge on any atom is 0.283 e. The molecule has 1 aliphatic heterocycles. The van der Waals surface area contributed by atoms with Crippen molar-refractivity contribution in [3.8, 4) is 5.75 Å². The molecule has 0 saturated heterocycles. The van der Waals surface area contributed by atoms with Crippen molar-refractivity contribution in [1.29, 1.82) is 0 Å². The van der Waals surface area contributed by atoms with Gasteiger partial charge >= 0.3 is 0 Å². The van der Waals surface area contributed by atoms with Crippen LogP contribution in [0, 0.1) is 13.8 Å². The van der Waals surface area contributed by atoms with Crippen molar-refractivity contribution in [2.75, 3.05) is 17.3 Å². The predicted octanol–water partition coefficient (Wildman–Crippen LogP) is 3.75. The van der Waals surface area contributed by atoms with Crippen LogP contribution in [-0.4, -0.2) is 18.9 Å². The molecular weight excluding hydrogens is 340 g/mol. The minimum atomic E-state index is -0.580. The van der Waals surface area contributed by atoms with Gasteiger partial charge in [0.05, 0.1) is 12.8 Å². The van der Waals surface area contributed by atoms with Crippen LogP contribution >= 0.6 is 11.6 Å². The molecule has 128 valence electrons. The first-order valence-electron chi connectivity index (χ1n) is 7.70. The lowest BCUT2D eigenvalue weighted by atomic mass is 10.1. The van der Waals surface area contributed by atoms with Crippen LogP contribution < -0.4 is 15.0 Å². The molecule has 2 aromatic rings. The molecule has 0 aliphatic carbocycles. The van der Waals surface area contributed by atoms with Gasteiger partial charge in [-0.05, 0) is 37.6 Å². The van der Waals surface area contributed by atoms with Crippen LogP contribution in [0.15, 0.2) is 53.2 Å².